The quantitative estimate of drug-likeness (QED) is 0.438. The van der Waals surface area contributed by atoms with Crippen LogP contribution in [0.1, 0.15) is 10.4 Å². The molecule has 0 aliphatic rings. The lowest BCUT2D eigenvalue weighted by Gasteiger charge is -1.94. The molecule has 13 heavy (non-hydrogen) atoms. The van der Waals surface area contributed by atoms with Crippen molar-refractivity contribution in [3.8, 4) is 0 Å². The number of primary amides is 1. The lowest BCUT2D eigenvalue weighted by atomic mass is 10.3. The zero-order valence-electron chi connectivity index (χ0n) is 6.91. The second-order valence-electron chi connectivity index (χ2n) is 2.38. The minimum atomic E-state index is -0.418. The van der Waals surface area contributed by atoms with Gasteiger partial charge in [-0.05, 0) is 6.07 Å². The van der Waals surface area contributed by atoms with Gasteiger partial charge >= 0.3 is 0 Å². The summed E-state index contributed by atoms with van der Waals surface area (Å²) in [5.74, 6) is 0.103. The summed E-state index contributed by atoms with van der Waals surface area (Å²) in [5.41, 5.74) is 5.60. The van der Waals surface area contributed by atoms with Crippen molar-refractivity contribution in [1.82, 2.24) is 0 Å². The van der Waals surface area contributed by atoms with Gasteiger partial charge in [0.15, 0.2) is 18.9 Å². The van der Waals surface area contributed by atoms with E-state index in [9.17, 15) is 4.79 Å². The molecule has 0 aromatic carbocycles. The summed E-state index contributed by atoms with van der Waals surface area (Å²) < 4.78 is 1.83. The van der Waals surface area contributed by atoms with Crippen LogP contribution in [0.3, 0.4) is 0 Å². The van der Waals surface area contributed by atoms with Crippen molar-refractivity contribution in [2.45, 2.75) is 6.54 Å². The van der Waals surface area contributed by atoms with Crippen LogP contribution in [-0.4, -0.2) is 11.8 Å². The Balaban J connectivity index is 0.00000144. The van der Waals surface area contributed by atoms with Crippen LogP contribution < -0.4 is 22.7 Å². The Hall–Kier alpha value is -0.800. The van der Waals surface area contributed by atoms with Crippen molar-refractivity contribution in [3.63, 3.8) is 0 Å². The van der Waals surface area contributed by atoms with E-state index in [4.69, 9.17) is 17.3 Å². The van der Waals surface area contributed by atoms with E-state index in [0.717, 1.165) is 0 Å². The standard InChI is InChI=1S/C8H9ClN2O.ClH/c9-3-5-11-4-1-2-7(6-11)8(10)12;/h1-2,4,6H,3,5H2,(H-,10,12);1H. The highest BCUT2D eigenvalue weighted by Crippen LogP contribution is 1.91. The van der Waals surface area contributed by atoms with Crippen LogP contribution in [0.15, 0.2) is 24.5 Å². The number of rotatable bonds is 3. The van der Waals surface area contributed by atoms with E-state index >= 15 is 0 Å². The molecule has 1 heterocycles. The van der Waals surface area contributed by atoms with Crippen LogP contribution in [0.25, 0.3) is 0 Å². The Morgan fingerprint density at radius 1 is 1.62 bits per heavy atom. The summed E-state index contributed by atoms with van der Waals surface area (Å²) >= 11 is 5.53. The first-order valence-electron chi connectivity index (χ1n) is 3.59. The number of alkyl halides is 1. The van der Waals surface area contributed by atoms with E-state index in [-0.39, 0.29) is 12.4 Å². The summed E-state index contributed by atoms with van der Waals surface area (Å²) in [6.07, 6.45) is 3.53. The van der Waals surface area contributed by atoms with E-state index in [2.05, 4.69) is 0 Å². The van der Waals surface area contributed by atoms with Crippen LogP contribution in [0.5, 0.6) is 0 Å². The highest BCUT2D eigenvalue weighted by molar-refractivity contribution is 6.17. The van der Waals surface area contributed by atoms with Gasteiger partial charge in [0, 0.05) is 6.07 Å². The first-order chi connectivity index (χ1) is 5.74. The minimum Gasteiger partial charge on any atom is -1.00 e. The summed E-state index contributed by atoms with van der Waals surface area (Å²) in [4.78, 5) is 10.7. The number of nitrogens with zero attached hydrogens (tertiary/aromatic N) is 1. The van der Waals surface area contributed by atoms with Crippen molar-refractivity contribution in [1.29, 1.82) is 0 Å². The van der Waals surface area contributed by atoms with Crippen LogP contribution in [0.4, 0.5) is 0 Å². The van der Waals surface area contributed by atoms with Gasteiger partial charge in [0.25, 0.3) is 5.91 Å². The maximum Gasteiger partial charge on any atom is 0.254 e. The molecule has 0 aliphatic carbocycles. The SMILES string of the molecule is NC(=O)c1ccc[n+](CCCl)c1.[Cl-]. The molecular weight excluding hydrogens is 211 g/mol. The maximum absolute atomic E-state index is 10.7. The zero-order valence-corrected chi connectivity index (χ0v) is 8.42. The number of pyridine rings is 1. The summed E-state index contributed by atoms with van der Waals surface area (Å²) in [6, 6.07) is 3.44. The highest BCUT2D eigenvalue weighted by atomic mass is 35.5. The molecule has 1 aromatic heterocycles. The Bertz CT molecular complexity index is 291. The van der Waals surface area contributed by atoms with Gasteiger partial charge in [0.2, 0.25) is 0 Å². The van der Waals surface area contributed by atoms with Crippen molar-refractivity contribution < 1.29 is 21.8 Å². The maximum atomic E-state index is 10.7. The van der Waals surface area contributed by atoms with E-state index in [0.29, 0.717) is 18.0 Å². The van der Waals surface area contributed by atoms with E-state index < -0.39 is 5.91 Å². The van der Waals surface area contributed by atoms with Crippen LogP contribution >= 0.6 is 11.6 Å². The van der Waals surface area contributed by atoms with Gasteiger partial charge in [-0.3, -0.25) is 4.79 Å². The van der Waals surface area contributed by atoms with Crippen LogP contribution in [0, 0.1) is 0 Å². The molecule has 2 N–H and O–H groups in total. The third-order valence-electron chi connectivity index (χ3n) is 1.49. The van der Waals surface area contributed by atoms with Gasteiger partial charge < -0.3 is 18.1 Å². The number of halogens is 2. The molecule has 0 spiro atoms. The van der Waals surface area contributed by atoms with Crippen molar-refractivity contribution in [3.05, 3.63) is 30.1 Å². The molecule has 5 heteroatoms. The number of amides is 1. The van der Waals surface area contributed by atoms with E-state index in [1.54, 1.807) is 18.3 Å². The lowest BCUT2D eigenvalue weighted by molar-refractivity contribution is -0.692. The van der Waals surface area contributed by atoms with Gasteiger partial charge in [0.05, 0.1) is 5.88 Å². The summed E-state index contributed by atoms with van der Waals surface area (Å²) in [6.45, 7) is 0.683. The predicted molar refractivity (Wildman–Crippen MR) is 45.9 cm³/mol. The molecule has 0 saturated heterocycles. The van der Waals surface area contributed by atoms with Gasteiger partial charge in [0.1, 0.15) is 5.56 Å². The normalized spacial score (nSPS) is 9.00. The Labute approximate surface area is 87.9 Å². The minimum absolute atomic E-state index is 0. The second kappa shape index (κ2) is 5.78. The van der Waals surface area contributed by atoms with Gasteiger partial charge in [-0.2, -0.15) is 0 Å². The number of hydrogen-bond donors (Lipinski definition) is 1. The number of aryl methyl sites for hydroxylation is 1. The lowest BCUT2D eigenvalue weighted by Crippen LogP contribution is -3.00. The zero-order chi connectivity index (χ0) is 8.97. The third kappa shape index (κ3) is 3.61. The molecule has 0 bridgehead atoms. The molecule has 0 atom stereocenters. The smallest absolute Gasteiger partial charge is 0.254 e. The average molecular weight is 221 g/mol. The fourth-order valence-electron chi connectivity index (χ4n) is 0.904. The summed E-state index contributed by atoms with van der Waals surface area (Å²) in [7, 11) is 0. The Morgan fingerprint density at radius 2 is 2.31 bits per heavy atom. The first kappa shape index (κ1) is 12.2. The molecule has 0 aliphatic heterocycles. The van der Waals surface area contributed by atoms with Crippen LogP contribution in [-0.2, 0) is 6.54 Å². The Morgan fingerprint density at radius 3 is 2.85 bits per heavy atom. The van der Waals surface area contributed by atoms with E-state index in [1.165, 1.54) is 0 Å². The monoisotopic (exact) mass is 220 g/mol. The third-order valence-corrected chi connectivity index (χ3v) is 1.65. The van der Waals surface area contributed by atoms with Gasteiger partial charge in [-0.15, -0.1) is 11.6 Å². The molecule has 0 radical (unpaired) electrons. The number of carbonyl (C=O) groups excluding carboxylic acids is 1. The predicted octanol–water partition coefficient (Wildman–Crippen LogP) is -2.68. The first-order valence-corrected chi connectivity index (χ1v) is 4.12. The number of carbonyl (C=O) groups is 1. The van der Waals surface area contributed by atoms with Crippen LogP contribution in [0.2, 0.25) is 0 Å². The molecule has 0 fully saturated rings. The molecule has 1 aromatic rings. The molecule has 72 valence electrons. The molecular formula is C8H10Cl2N2O. The molecule has 0 saturated carbocycles. The Kier molecular flexibility index (Phi) is 5.42. The number of aromatic nitrogens is 1. The second-order valence-corrected chi connectivity index (χ2v) is 2.76. The van der Waals surface area contributed by atoms with E-state index in [1.807, 2.05) is 10.8 Å². The fourth-order valence-corrected chi connectivity index (χ4v) is 1.10. The van der Waals surface area contributed by atoms with Crippen molar-refractivity contribution in [2.75, 3.05) is 5.88 Å². The largest absolute Gasteiger partial charge is 1.00 e. The van der Waals surface area contributed by atoms with Crippen molar-refractivity contribution in [2.24, 2.45) is 5.73 Å². The molecule has 0 unspecified atom stereocenters. The topological polar surface area (TPSA) is 47.0 Å². The fraction of sp³-hybridized carbons (Fsp3) is 0.250. The molecule has 1 amide bonds. The summed E-state index contributed by atoms with van der Waals surface area (Å²) in [5, 5.41) is 0. The molecule has 1 rings (SSSR count). The average Bonchev–Trinajstić information content (AvgIpc) is 2.05. The number of hydrogen-bond acceptors (Lipinski definition) is 1. The van der Waals surface area contributed by atoms with Gasteiger partial charge in [-0.25, -0.2) is 4.57 Å². The van der Waals surface area contributed by atoms with Crippen molar-refractivity contribution >= 4 is 17.5 Å². The highest BCUT2D eigenvalue weighted by Gasteiger charge is 2.05. The number of nitrogens with two attached hydrogens (primary N) is 1. The molecule has 3 nitrogen and oxygen atoms in total. The van der Waals surface area contributed by atoms with Gasteiger partial charge in [-0.1, -0.05) is 0 Å².